The predicted molar refractivity (Wildman–Crippen MR) is 55.4 cm³/mol. The van der Waals surface area contributed by atoms with E-state index in [0.29, 0.717) is 0 Å². The molecule has 1 aromatic rings. The molecule has 0 fully saturated rings. The number of phenolic OH excluding ortho intramolecular Hbond substituents is 2. The lowest BCUT2D eigenvalue weighted by molar-refractivity contribution is -0.114. The van der Waals surface area contributed by atoms with Crippen molar-refractivity contribution in [1.29, 1.82) is 0 Å². The van der Waals surface area contributed by atoms with Crippen molar-refractivity contribution in [3.8, 4) is 11.5 Å². The van der Waals surface area contributed by atoms with E-state index in [2.05, 4.69) is 10.1 Å². The van der Waals surface area contributed by atoms with Gasteiger partial charge in [0.25, 0.3) is 0 Å². The van der Waals surface area contributed by atoms with Gasteiger partial charge in [0.15, 0.2) is 0 Å². The van der Waals surface area contributed by atoms with E-state index in [9.17, 15) is 19.8 Å². The predicted octanol–water partition coefficient (Wildman–Crippen LogP) is 0.843. The molecule has 16 heavy (non-hydrogen) atoms. The topological polar surface area (TPSA) is 95.9 Å². The van der Waals surface area contributed by atoms with Crippen LogP contribution in [0.5, 0.6) is 11.5 Å². The van der Waals surface area contributed by atoms with Gasteiger partial charge in [-0.1, -0.05) is 0 Å². The summed E-state index contributed by atoms with van der Waals surface area (Å²) >= 11 is 0. The second-order valence-electron chi connectivity index (χ2n) is 3.06. The molecule has 0 spiro atoms. The quantitative estimate of drug-likeness (QED) is 0.394. The summed E-state index contributed by atoms with van der Waals surface area (Å²) in [4.78, 5) is 22.0. The van der Waals surface area contributed by atoms with E-state index in [4.69, 9.17) is 0 Å². The Morgan fingerprint density at radius 3 is 2.38 bits per heavy atom. The molecule has 0 bridgehead atoms. The van der Waals surface area contributed by atoms with Gasteiger partial charge < -0.3 is 20.3 Å². The number of benzene rings is 1. The zero-order valence-corrected chi connectivity index (χ0v) is 8.77. The van der Waals surface area contributed by atoms with Crippen LogP contribution in [-0.4, -0.2) is 29.2 Å². The van der Waals surface area contributed by atoms with Gasteiger partial charge in [0.2, 0.25) is 5.91 Å². The second kappa shape index (κ2) is 4.52. The number of carbonyl (C=O) groups excluding carboxylic acids is 2. The van der Waals surface area contributed by atoms with Gasteiger partial charge in [-0.3, -0.25) is 4.79 Å². The van der Waals surface area contributed by atoms with Crippen LogP contribution in [-0.2, 0) is 9.53 Å². The maximum atomic E-state index is 11.2. The first-order valence-corrected chi connectivity index (χ1v) is 4.37. The molecule has 0 aliphatic rings. The van der Waals surface area contributed by atoms with E-state index in [0.717, 1.165) is 19.2 Å². The molecule has 0 heterocycles. The summed E-state index contributed by atoms with van der Waals surface area (Å²) in [5, 5.41) is 21.1. The van der Waals surface area contributed by atoms with Crippen molar-refractivity contribution in [3.05, 3.63) is 17.7 Å². The molecule has 6 heteroatoms. The number of anilines is 1. The lowest BCUT2D eigenvalue weighted by atomic mass is 10.1. The molecule has 0 aliphatic heterocycles. The smallest absolute Gasteiger partial charge is 0.341 e. The number of carbonyl (C=O) groups is 2. The number of ether oxygens (including phenoxy) is 1. The summed E-state index contributed by atoms with van der Waals surface area (Å²) in [7, 11) is 1.16. The number of rotatable bonds is 2. The summed E-state index contributed by atoms with van der Waals surface area (Å²) in [5.74, 6) is -1.92. The molecule has 1 amide bonds. The van der Waals surface area contributed by atoms with Gasteiger partial charge in [-0.25, -0.2) is 4.79 Å². The fourth-order valence-corrected chi connectivity index (χ4v) is 1.14. The van der Waals surface area contributed by atoms with E-state index in [1.807, 2.05) is 0 Å². The SMILES string of the molecule is COC(=O)c1cc(NC(C)=O)c(O)cc1O. The number of esters is 1. The van der Waals surface area contributed by atoms with E-state index in [1.165, 1.54) is 6.92 Å². The number of hydrogen-bond acceptors (Lipinski definition) is 5. The normalized spacial score (nSPS) is 9.62. The number of amides is 1. The van der Waals surface area contributed by atoms with Crippen LogP contribution >= 0.6 is 0 Å². The third kappa shape index (κ3) is 2.41. The highest BCUT2D eigenvalue weighted by atomic mass is 16.5. The first-order valence-electron chi connectivity index (χ1n) is 4.37. The maximum Gasteiger partial charge on any atom is 0.341 e. The Morgan fingerprint density at radius 1 is 1.25 bits per heavy atom. The second-order valence-corrected chi connectivity index (χ2v) is 3.06. The number of nitrogens with one attached hydrogen (secondary N) is 1. The van der Waals surface area contributed by atoms with Gasteiger partial charge in [-0.05, 0) is 6.07 Å². The average Bonchev–Trinajstić information content (AvgIpc) is 2.20. The molecule has 86 valence electrons. The fourth-order valence-electron chi connectivity index (χ4n) is 1.14. The van der Waals surface area contributed by atoms with Crippen LogP contribution in [0.3, 0.4) is 0 Å². The fraction of sp³-hybridized carbons (Fsp3) is 0.200. The van der Waals surface area contributed by atoms with Gasteiger partial charge in [-0.15, -0.1) is 0 Å². The van der Waals surface area contributed by atoms with Crippen molar-refractivity contribution in [2.75, 3.05) is 12.4 Å². The van der Waals surface area contributed by atoms with Crippen molar-refractivity contribution >= 4 is 17.6 Å². The first-order chi connectivity index (χ1) is 7.45. The Balaban J connectivity index is 3.21. The van der Waals surface area contributed by atoms with Crippen molar-refractivity contribution < 1.29 is 24.5 Å². The van der Waals surface area contributed by atoms with E-state index in [-0.39, 0.29) is 17.0 Å². The molecule has 6 nitrogen and oxygen atoms in total. The van der Waals surface area contributed by atoms with Crippen molar-refractivity contribution in [2.45, 2.75) is 6.92 Å². The van der Waals surface area contributed by atoms with Gasteiger partial charge in [0.05, 0.1) is 12.8 Å². The Labute approximate surface area is 91.5 Å². The van der Waals surface area contributed by atoms with Crippen LogP contribution < -0.4 is 5.32 Å². The number of methoxy groups -OCH3 is 1. The minimum Gasteiger partial charge on any atom is -0.507 e. The molecule has 0 unspecified atom stereocenters. The number of phenols is 2. The number of hydrogen-bond donors (Lipinski definition) is 3. The third-order valence-corrected chi connectivity index (χ3v) is 1.83. The van der Waals surface area contributed by atoms with Crippen LogP contribution in [0.15, 0.2) is 12.1 Å². The summed E-state index contributed by atoms with van der Waals surface area (Å²) < 4.78 is 4.42. The monoisotopic (exact) mass is 225 g/mol. The standard InChI is InChI=1S/C10H11NO5/c1-5(12)11-7-3-6(10(15)16-2)8(13)4-9(7)14/h3-4,13-14H,1-2H3,(H,11,12). The molecule has 1 aromatic carbocycles. The van der Waals surface area contributed by atoms with Gasteiger partial charge in [0, 0.05) is 13.0 Å². The Bertz CT molecular complexity index is 441. The molecular weight excluding hydrogens is 214 g/mol. The van der Waals surface area contributed by atoms with Crippen molar-refractivity contribution in [3.63, 3.8) is 0 Å². The van der Waals surface area contributed by atoms with Crippen LogP contribution in [0.4, 0.5) is 5.69 Å². The lowest BCUT2D eigenvalue weighted by Crippen LogP contribution is -2.08. The van der Waals surface area contributed by atoms with Crippen molar-refractivity contribution in [2.24, 2.45) is 0 Å². The van der Waals surface area contributed by atoms with E-state index >= 15 is 0 Å². The van der Waals surface area contributed by atoms with Gasteiger partial charge >= 0.3 is 5.97 Å². The molecule has 0 aliphatic carbocycles. The average molecular weight is 225 g/mol. The zero-order chi connectivity index (χ0) is 12.3. The van der Waals surface area contributed by atoms with Crippen molar-refractivity contribution in [1.82, 2.24) is 0 Å². The Hall–Kier alpha value is -2.24. The molecule has 0 saturated heterocycles. The molecule has 0 aromatic heterocycles. The van der Waals surface area contributed by atoms with Gasteiger partial charge in [0.1, 0.15) is 17.1 Å². The van der Waals surface area contributed by atoms with E-state index in [1.54, 1.807) is 0 Å². The molecule has 0 atom stereocenters. The first kappa shape index (κ1) is 11.8. The van der Waals surface area contributed by atoms with Crippen LogP contribution in [0.25, 0.3) is 0 Å². The number of aromatic hydroxyl groups is 2. The summed E-state index contributed by atoms with van der Waals surface area (Å²) in [6.45, 7) is 1.25. The largest absolute Gasteiger partial charge is 0.507 e. The molecule has 3 N–H and O–H groups in total. The zero-order valence-electron chi connectivity index (χ0n) is 8.77. The highest BCUT2D eigenvalue weighted by Gasteiger charge is 2.15. The van der Waals surface area contributed by atoms with E-state index < -0.39 is 17.6 Å². The Morgan fingerprint density at radius 2 is 1.88 bits per heavy atom. The highest BCUT2D eigenvalue weighted by Crippen LogP contribution is 2.31. The third-order valence-electron chi connectivity index (χ3n) is 1.83. The minimum absolute atomic E-state index is 0.0331. The summed E-state index contributed by atoms with van der Waals surface area (Å²) in [5.41, 5.74) is -0.102. The molecule has 0 saturated carbocycles. The van der Waals surface area contributed by atoms with Crippen LogP contribution in [0, 0.1) is 0 Å². The van der Waals surface area contributed by atoms with Crippen LogP contribution in [0.2, 0.25) is 0 Å². The molecule has 0 radical (unpaired) electrons. The maximum absolute atomic E-state index is 11.2. The minimum atomic E-state index is -0.760. The summed E-state index contributed by atoms with van der Waals surface area (Å²) in [6, 6.07) is 2.09. The van der Waals surface area contributed by atoms with Crippen LogP contribution in [0.1, 0.15) is 17.3 Å². The molecular formula is C10H11NO5. The lowest BCUT2D eigenvalue weighted by Gasteiger charge is -2.08. The Kier molecular flexibility index (Phi) is 3.34. The molecule has 1 rings (SSSR count). The summed E-state index contributed by atoms with van der Waals surface area (Å²) in [6.07, 6.45) is 0. The van der Waals surface area contributed by atoms with Gasteiger partial charge in [-0.2, -0.15) is 0 Å². The highest BCUT2D eigenvalue weighted by molar-refractivity contribution is 5.97.